The molecule has 2 saturated heterocycles. The molecule has 0 bridgehead atoms. The summed E-state index contributed by atoms with van der Waals surface area (Å²) in [6.07, 6.45) is -2.25. The van der Waals surface area contributed by atoms with Crippen LogP contribution in [0.15, 0.2) is 36.4 Å². The number of aromatic hydroxyl groups is 1. The van der Waals surface area contributed by atoms with Crippen LogP contribution in [0, 0.1) is 17.8 Å². The molecule has 2 aliphatic heterocycles. The number of phenols is 1. The number of phenolic OH excluding ortho intramolecular Hbond substituents is 1. The lowest BCUT2D eigenvalue weighted by molar-refractivity contribution is -0.232. The summed E-state index contributed by atoms with van der Waals surface area (Å²) in [5.41, 5.74) is 3.55. The number of aliphatic hydroxyl groups excluding tert-OH is 4. The van der Waals surface area contributed by atoms with E-state index in [0.717, 1.165) is 40.9 Å². The normalized spacial score (nSPS) is 24.2. The molecule has 4 rings (SSSR count). The van der Waals surface area contributed by atoms with Gasteiger partial charge in [0.25, 0.3) is 0 Å². The molecule has 1 amide bonds. The second-order valence-corrected chi connectivity index (χ2v) is 15.5. The molecule has 0 saturated carbocycles. The highest BCUT2D eigenvalue weighted by Crippen LogP contribution is 2.40. The van der Waals surface area contributed by atoms with Gasteiger partial charge >= 0.3 is 0 Å². The van der Waals surface area contributed by atoms with Crippen LogP contribution in [-0.4, -0.2) is 111 Å². The molecule has 270 valence electrons. The highest BCUT2D eigenvalue weighted by Gasteiger charge is 2.45. The van der Waals surface area contributed by atoms with Crippen LogP contribution in [0.2, 0.25) is 0 Å². The van der Waals surface area contributed by atoms with Crippen molar-refractivity contribution in [2.24, 2.45) is 10.8 Å². The molecule has 10 nitrogen and oxygen atoms in total. The lowest BCUT2D eigenvalue weighted by atomic mass is 9.76. The molecular weight excluding hydrogens is 624 g/mol. The van der Waals surface area contributed by atoms with E-state index >= 15 is 0 Å². The number of amides is 1. The van der Waals surface area contributed by atoms with Crippen LogP contribution in [0.3, 0.4) is 0 Å². The van der Waals surface area contributed by atoms with Crippen LogP contribution in [0.4, 0.5) is 0 Å². The Morgan fingerprint density at radius 1 is 0.959 bits per heavy atom. The van der Waals surface area contributed by atoms with Crippen molar-refractivity contribution >= 4 is 17.8 Å². The van der Waals surface area contributed by atoms with Gasteiger partial charge in [-0.2, -0.15) is 0 Å². The molecule has 2 heterocycles. The molecule has 0 aromatic heterocycles. The van der Waals surface area contributed by atoms with Crippen LogP contribution < -0.4 is 0 Å². The topological polar surface area (TPSA) is 151 Å². The number of piperazine rings is 1. The Labute approximate surface area is 291 Å². The van der Waals surface area contributed by atoms with Crippen LogP contribution in [0.1, 0.15) is 93.4 Å². The number of benzene rings is 2. The number of carbonyl (C=O) groups excluding carboxylic acids is 2. The van der Waals surface area contributed by atoms with Gasteiger partial charge in [-0.15, -0.1) is 0 Å². The lowest BCUT2D eigenvalue weighted by Gasteiger charge is -2.40. The van der Waals surface area contributed by atoms with Gasteiger partial charge in [-0.05, 0) is 80.1 Å². The fourth-order valence-corrected chi connectivity index (χ4v) is 6.71. The number of nitrogens with zero attached hydrogens (tertiary/aromatic N) is 2. The number of rotatable bonds is 11. The van der Waals surface area contributed by atoms with Crippen LogP contribution in [0.5, 0.6) is 5.75 Å². The molecule has 2 aliphatic rings. The molecule has 0 radical (unpaired) electrons. The highest BCUT2D eigenvalue weighted by atomic mass is 16.5. The summed E-state index contributed by atoms with van der Waals surface area (Å²) in [5.74, 6) is 0.00918. The molecule has 0 aliphatic carbocycles. The molecule has 2 fully saturated rings. The van der Waals surface area contributed by atoms with Crippen molar-refractivity contribution in [2.45, 2.75) is 97.7 Å². The van der Waals surface area contributed by atoms with E-state index in [2.05, 4.69) is 11.0 Å². The van der Waals surface area contributed by atoms with Crippen molar-refractivity contribution < 1.29 is 39.9 Å². The molecule has 5 N–H and O–H groups in total. The van der Waals surface area contributed by atoms with E-state index in [0.29, 0.717) is 19.5 Å². The van der Waals surface area contributed by atoms with E-state index in [-0.39, 0.29) is 35.3 Å². The van der Waals surface area contributed by atoms with Gasteiger partial charge in [0.05, 0.1) is 12.0 Å². The van der Waals surface area contributed by atoms with Gasteiger partial charge in [0.1, 0.15) is 42.1 Å². The fraction of sp³-hybridized carbons (Fsp3) is 0.590. The average molecular weight is 681 g/mol. The van der Waals surface area contributed by atoms with Crippen molar-refractivity contribution in [3.8, 4) is 5.75 Å². The largest absolute Gasteiger partial charge is 0.508 e. The minimum absolute atomic E-state index is 0.00770. The summed E-state index contributed by atoms with van der Waals surface area (Å²) >= 11 is 0. The summed E-state index contributed by atoms with van der Waals surface area (Å²) in [6.45, 7) is 16.0. The Hall–Kier alpha value is -3.12. The Morgan fingerprint density at radius 3 is 2.20 bits per heavy atom. The quantitative estimate of drug-likeness (QED) is 0.239. The first-order valence-electron chi connectivity index (χ1n) is 17.3. The number of allylic oxidation sites excluding steroid dienone is 1. The molecule has 0 unspecified atom stereocenters. The van der Waals surface area contributed by atoms with Gasteiger partial charge in [-0.3, -0.25) is 9.59 Å². The van der Waals surface area contributed by atoms with Crippen molar-refractivity contribution in [1.82, 2.24) is 9.80 Å². The Kier molecular flexibility index (Phi) is 12.2. The smallest absolute Gasteiger partial charge is 0.228 e. The van der Waals surface area contributed by atoms with E-state index < -0.39 is 48.0 Å². The number of hydrogen-bond donors (Lipinski definition) is 5. The number of aryl methyl sites for hydroxylation is 1. The molecule has 2 aromatic rings. The molecule has 2 aromatic carbocycles. The van der Waals surface area contributed by atoms with Crippen LogP contribution in [-0.2, 0) is 20.7 Å². The Balaban J connectivity index is 1.51. The van der Waals surface area contributed by atoms with Crippen molar-refractivity contribution in [1.29, 1.82) is 0 Å². The molecule has 10 heteroatoms. The van der Waals surface area contributed by atoms with Crippen molar-refractivity contribution in [3.05, 3.63) is 69.8 Å². The van der Waals surface area contributed by atoms with E-state index in [1.165, 1.54) is 0 Å². The van der Waals surface area contributed by atoms with Gasteiger partial charge in [-0.1, -0.05) is 58.0 Å². The Bertz CT molecular complexity index is 1520. The first-order valence-corrected chi connectivity index (χ1v) is 17.3. The maximum atomic E-state index is 13.5. The zero-order valence-electron chi connectivity index (χ0n) is 30.3. The molecule has 49 heavy (non-hydrogen) atoms. The number of carbonyl (C=O) groups is 2. The summed E-state index contributed by atoms with van der Waals surface area (Å²) < 4.78 is 5.76. The van der Waals surface area contributed by atoms with Gasteiger partial charge in [0.15, 0.2) is 0 Å². The Morgan fingerprint density at radius 2 is 1.61 bits per heavy atom. The monoisotopic (exact) mass is 680 g/mol. The predicted molar refractivity (Wildman–Crippen MR) is 189 cm³/mol. The number of likely N-dealkylation sites (N-methyl/N-ethyl adjacent to an activating group) is 1. The maximum Gasteiger partial charge on any atom is 0.228 e. The summed E-state index contributed by atoms with van der Waals surface area (Å²) in [7, 11) is 2.05. The number of ketones is 1. The predicted octanol–water partition coefficient (Wildman–Crippen LogP) is 3.73. The van der Waals surface area contributed by atoms with Crippen molar-refractivity contribution in [2.75, 3.05) is 39.8 Å². The van der Waals surface area contributed by atoms with Gasteiger partial charge in [0.2, 0.25) is 5.91 Å². The van der Waals surface area contributed by atoms with E-state index in [4.69, 9.17) is 4.74 Å². The SMILES string of the molecule is Cc1cc(/C=C/C(C)(C)C(=O)CC(C)(C)C(=O)N2CCN(C)CC2)ccc1Cc1cc([C@@H]2O[C@H](CO)[C@@H](O)[C@H](O)[C@H]2O)c(O)cc1C(C)C. The minimum atomic E-state index is -1.55. The molecule has 5 atom stereocenters. The molecule has 0 spiro atoms. The summed E-state index contributed by atoms with van der Waals surface area (Å²) in [5, 5.41) is 52.0. The average Bonchev–Trinajstić information content (AvgIpc) is 3.04. The van der Waals surface area contributed by atoms with E-state index in [1.54, 1.807) is 12.1 Å². The van der Waals surface area contributed by atoms with Gasteiger partial charge in [-0.25, -0.2) is 0 Å². The van der Waals surface area contributed by atoms with Gasteiger partial charge in [0, 0.05) is 43.6 Å². The number of Topliss-reactive ketones (excluding diaryl/α,β-unsaturated/α-hetero) is 1. The molecular formula is C39H56N2O8. The summed E-state index contributed by atoms with van der Waals surface area (Å²) in [6, 6.07) is 9.51. The third kappa shape index (κ3) is 8.79. The van der Waals surface area contributed by atoms with Crippen LogP contribution >= 0.6 is 0 Å². The minimum Gasteiger partial charge on any atom is -0.508 e. The second-order valence-electron chi connectivity index (χ2n) is 15.5. The van der Waals surface area contributed by atoms with Gasteiger partial charge < -0.3 is 40.1 Å². The third-order valence-electron chi connectivity index (χ3n) is 10.2. The first-order chi connectivity index (χ1) is 22.9. The number of hydrogen-bond acceptors (Lipinski definition) is 9. The van der Waals surface area contributed by atoms with E-state index in [1.807, 2.05) is 84.7 Å². The van der Waals surface area contributed by atoms with Crippen molar-refractivity contribution in [3.63, 3.8) is 0 Å². The first kappa shape index (κ1) is 38.7. The summed E-state index contributed by atoms with van der Waals surface area (Å²) in [4.78, 5) is 30.9. The van der Waals surface area contributed by atoms with E-state index in [9.17, 15) is 35.1 Å². The lowest BCUT2D eigenvalue weighted by Crippen LogP contribution is -2.55. The fourth-order valence-electron chi connectivity index (χ4n) is 6.71. The standard InChI is InChI=1S/C39H56N2O8/c1-23(2)28-20-30(43)29(36-35(47)34(46)33(45)31(22-42)49-36)19-27(28)18-26-10-9-25(17-24(26)3)11-12-38(4,5)32(44)21-39(6,7)37(48)41-15-13-40(8)14-16-41/h9-12,17,19-20,23,31,33-36,42-43,45-47H,13-16,18,21-22H2,1-8H3/b12-11+/t31-,33-,34+,35-,36+/m1/s1. The van der Waals surface area contributed by atoms with Crippen LogP contribution in [0.25, 0.3) is 6.08 Å². The highest BCUT2D eigenvalue weighted by molar-refractivity contribution is 5.93. The number of aliphatic hydroxyl groups is 4. The maximum absolute atomic E-state index is 13.5. The zero-order chi connectivity index (χ0) is 36.4. The second kappa shape index (κ2) is 15.4. The third-order valence-corrected chi connectivity index (χ3v) is 10.2. The zero-order valence-corrected chi connectivity index (χ0v) is 30.3. The number of ether oxygens (including phenoxy) is 1.